The first-order chi connectivity index (χ1) is 14.8. The SMILES string of the molecule is COc1ncc(-c2ccc3c(c2)N(C2CC2)CC=C3Nc2ccccc2)c(OC)n1. The average molecular weight is 400 g/mol. The maximum atomic E-state index is 5.50. The Morgan fingerprint density at radius 1 is 1.00 bits per heavy atom. The van der Waals surface area contributed by atoms with Crippen molar-refractivity contribution in [2.45, 2.75) is 18.9 Å². The van der Waals surface area contributed by atoms with Gasteiger partial charge in [-0.15, -0.1) is 0 Å². The van der Waals surface area contributed by atoms with Gasteiger partial charge in [-0.2, -0.15) is 4.98 Å². The van der Waals surface area contributed by atoms with E-state index in [2.05, 4.69) is 56.6 Å². The van der Waals surface area contributed by atoms with Crippen molar-refractivity contribution in [2.24, 2.45) is 0 Å². The third-order valence-electron chi connectivity index (χ3n) is 5.55. The lowest BCUT2D eigenvalue weighted by molar-refractivity contribution is 0.353. The summed E-state index contributed by atoms with van der Waals surface area (Å²) in [6.45, 7) is 0.895. The lowest BCUT2D eigenvalue weighted by Crippen LogP contribution is -2.30. The summed E-state index contributed by atoms with van der Waals surface area (Å²) in [6.07, 6.45) is 6.53. The summed E-state index contributed by atoms with van der Waals surface area (Å²) in [5.41, 5.74) is 6.54. The molecule has 0 bridgehead atoms. The van der Waals surface area contributed by atoms with Crippen LogP contribution in [0.5, 0.6) is 11.9 Å². The van der Waals surface area contributed by atoms with Gasteiger partial charge < -0.3 is 19.7 Å². The van der Waals surface area contributed by atoms with Crippen LogP contribution in [0.25, 0.3) is 16.8 Å². The minimum absolute atomic E-state index is 0.297. The van der Waals surface area contributed by atoms with E-state index >= 15 is 0 Å². The number of hydrogen-bond donors (Lipinski definition) is 1. The van der Waals surface area contributed by atoms with Crippen molar-refractivity contribution in [1.29, 1.82) is 0 Å². The monoisotopic (exact) mass is 400 g/mol. The minimum atomic E-state index is 0.297. The number of anilines is 2. The van der Waals surface area contributed by atoms with Gasteiger partial charge in [-0.3, -0.25) is 0 Å². The van der Waals surface area contributed by atoms with Gasteiger partial charge >= 0.3 is 6.01 Å². The third kappa shape index (κ3) is 3.45. The second-order valence-corrected chi connectivity index (χ2v) is 7.50. The van der Waals surface area contributed by atoms with Crippen LogP contribution in [-0.4, -0.2) is 36.8 Å². The van der Waals surface area contributed by atoms with E-state index in [9.17, 15) is 0 Å². The first-order valence-corrected chi connectivity index (χ1v) is 10.2. The maximum absolute atomic E-state index is 5.50. The molecule has 0 atom stereocenters. The fourth-order valence-electron chi connectivity index (χ4n) is 3.89. The van der Waals surface area contributed by atoms with Gasteiger partial charge in [0.05, 0.1) is 19.8 Å². The summed E-state index contributed by atoms with van der Waals surface area (Å²) in [7, 11) is 3.17. The summed E-state index contributed by atoms with van der Waals surface area (Å²) in [4.78, 5) is 11.1. The molecule has 2 heterocycles. The van der Waals surface area contributed by atoms with Crippen molar-refractivity contribution in [3.63, 3.8) is 0 Å². The fraction of sp³-hybridized carbons (Fsp3) is 0.250. The van der Waals surface area contributed by atoms with E-state index in [1.54, 1.807) is 20.4 Å². The van der Waals surface area contributed by atoms with Gasteiger partial charge in [-0.05, 0) is 42.7 Å². The molecule has 30 heavy (non-hydrogen) atoms. The van der Waals surface area contributed by atoms with Crippen molar-refractivity contribution in [1.82, 2.24) is 9.97 Å². The van der Waals surface area contributed by atoms with Gasteiger partial charge in [0.2, 0.25) is 5.88 Å². The molecule has 1 aliphatic heterocycles. The van der Waals surface area contributed by atoms with E-state index in [1.807, 2.05) is 18.2 Å². The Balaban J connectivity index is 1.55. The molecule has 1 saturated carbocycles. The van der Waals surface area contributed by atoms with E-state index in [0.29, 0.717) is 17.9 Å². The van der Waals surface area contributed by atoms with Crippen molar-refractivity contribution >= 4 is 17.1 Å². The molecule has 2 aromatic carbocycles. The zero-order valence-electron chi connectivity index (χ0n) is 17.1. The van der Waals surface area contributed by atoms with Crippen LogP contribution in [0.4, 0.5) is 11.4 Å². The summed E-state index contributed by atoms with van der Waals surface area (Å²) >= 11 is 0. The largest absolute Gasteiger partial charge is 0.480 e. The Hall–Kier alpha value is -3.54. The van der Waals surface area contributed by atoms with E-state index in [4.69, 9.17) is 9.47 Å². The number of fused-ring (bicyclic) bond motifs is 1. The molecule has 6 heteroatoms. The first kappa shape index (κ1) is 18.5. The molecular formula is C24H24N4O2. The zero-order valence-corrected chi connectivity index (χ0v) is 17.1. The van der Waals surface area contributed by atoms with Crippen LogP contribution < -0.4 is 19.7 Å². The molecular weight excluding hydrogens is 376 g/mol. The van der Waals surface area contributed by atoms with Gasteiger partial charge in [0.15, 0.2) is 0 Å². The first-order valence-electron chi connectivity index (χ1n) is 10.2. The molecule has 3 aromatic rings. The highest BCUT2D eigenvalue weighted by Gasteiger charge is 2.32. The Morgan fingerprint density at radius 2 is 1.83 bits per heavy atom. The molecule has 0 unspecified atom stereocenters. The van der Waals surface area contributed by atoms with Crippen LogP contribution in [0.3, 0.4) is 0 Å². The normalized spacial score (nSPS) is 15.3. The van der Waals surface area contributed by atoms with Gasteiger partial charge in [-0.1, -0.05) is 30.3 Å². The highest BCUT2D eigenvalue weighted by Crippen LogP contribution is 2.42. The lowest BCUT2D eigenvalue weighted by atomic mass is 9.98. The van der Waals surface area contributed by atoms with Crippen molar-refractivity contribution in [3.8, 4) is 23.0 Å². The summed E-state index contributed by atoms with van der Waals surface area (Å²) in [5.74, 6) is 0.508. The smallest absolute Gasteiger partial charge is 0.319 e. The van der Waals surface area contributed by atoms with Gasteiger partial charge in [-0.25, -0.2) is 4.98 Å². The molecule has 2 aliphatic rings. The van der Waals surface area contributed by atoms with E-state index in [1.165, 1.54) is 24.1 Å². The van der Waals surface area contributed by atoms with Gasteiger partial charge in [0.25, 0.3) is 0 Å². The highest BCUT2D eigenvalue weighted by molar-refractivity contribution is 5.89. The summed E-state index contributed by atoms with van der Waals surface area (Å²) < 4.78 is 10.6. The Bertz CT molecular complexity index is 1090. The number of nitrogens with one attached hydrogen (secondary N) is 1. The van der Waals surface area contributed by atoms with Crippen molar-refractivity contribution in [2.75, 3.05) is 31.0 Å². The standard InChI is InChI=1S/C24H24N4O2/c1-29-23-20(15-25-24(27-23)30-2)16-8-11-19-21(26-17-6-4-3-5-7-17)12-13-28(18-9-10-18)22(19)14-16/h3-8,11-12,14-15,18,26H,9-10,13H2,1-2H3. The summed E-state index contributed by atoms with van der Waals surface area (Å²) in [6, 6.07) is 17.7. The van der Waals surface area contributed by atoms with Crippen LogP contribution in [-0.2, 0) is 0 Å². The second kappa shape index (κ2) is 7.71. The predicted molar refractivity (Wildman–Crippen MR) is 119 cm³/mol. The number of rotatable bonds is 6. The molecule has 1 aliphatic carbocycles. The van der Waals surface area contributed by atoms with E-state index in [-0.39, 0.29) is 0 Å². The number of ether oxygens (including phenoxy) is 2. The van der Waals surface area contributed by atoms with Gasteiger partial charge in [0, 0.05) is 41.4 Å². The van der Waals surface area contributed by atoms with Crippen molar-refractivity contribution < 1.29 is 9.47 Å². The predicted octanol–water partition coefficient (Wildman–Crippen LogP) is 4.60. The molecule has 0 amide bonds. The van der Waals surface area contributed by atoms with Crippen LogP contribution >= 0.6 is 0 Å². The Morgan fingerprint density at radius 3 is 2.57 bits per heavy atom. The van der Waals surface area contributed by atoms with Crippen LogP contribution in [0.1, 0.15) is 18.4 Å². The van der Waals surface area contributed by atoms with Crippen LogP contribution in [0, 0.1) is 0 Å². The molecule has 5 rings (SSSR count). The average Bonchev–Trinajstić information content (AvgIpc) is 3.64. The van der Waals surface area contributed by atoms with Crippen molar-refractivity contribution in [3.05, 3.63) is 66.4 Å². The van der Waals surface area contributed by atoms with E-state index < -0.39 is 0 Å². The molecule has 6 nitrogen and oxygen atoms in total. The number of para-hydroxylation sites is 1. The Kier molecular flexibility index (Phi) is 4.75. The molecule has 0 spiro atoms. The molecule has 1 fully saturated rings. The quantitative estimate of drug-likeness (QED) is 0.653. The third-order valence-corrected chi connectivity index (χ3v) is 5.55. The number of methoxy groups -OCH3 is 2. The van der Waals surface area contributed by atoms with Crippen LogP contribution in [0.2, 0.25) is 0 Å². The van der Waals surface area contributed by atoms with E-state index in [0.717, 1.165) is 29.1 Å². The zero-order chi connectivity index (χ0) is 20.5. The molecule has 152 valence electrons. The fourth-order valence-corrected chi connectivity index (χ4v) is 3.89. The Labute approximate surface area is 176 Å². The number of hydrogen-bond acceptors (Lipinski definition) is 6. The number of aromatic nitrogens is 2. The molecule has 1 N–H and O–H groups in total. The lowest BCUT2D eigenvalue weighted by Gasteiger charge is -2.32. The number of nitrogens with zero attached hydrogens (tertiary/aromatic N) is 3. The topological polar surface area (TPSA) is 59.5 Å². The highest BCUT2D eigenvalue weighted by atomic mass is 16.5. The molecule has 1 aromatic heterocycles. The number of benzene rings is 2. The van der Waals surface area contributed by atoms with Gasteiger partial charge in [0.1, 0.15) is 0 Å². The summed E-state index contributed by atoms with van der Waals surface area (Å²) in [5, 5.41) is 3.58. The molecule has 0 saturated heterocycles. The maximum Gasteiger partial charge on any atom is 0.319 e. The van der Waals surface area contributed by atoms with Crippen LogP contribution in [0.15, 0.2) is 60.8 Å². The molecule has 0 radical (unpaired) electrons. The minimum Gasteiger partial charge on any atom is -0.480 e. The second-order valence-electron chi connectivity index (χ2n) is 7.50.